The quantitative estimate of drug-likeness (QED) is 0.500. The van der Waals surface area contributed by atoms with E-state index in [9.17, 15) is 0 Å². The van der Waals surface area contributed by atoms with Gasteiger partial charge in [0.2, 0.25) is 0 Å². The van der Waals surface area contributed by atoms with Crippen LogP contribution in [0.1, 0.15) is 32.6 Å². The Bertz CT molecular complexity index is 149. The summed E-state index contributed by atoms with van der Waals surface area (Å²) >= 11 is 0. The highest BCUT2D eigenvalue weighted by molar-refractivity contribution is 5.07. The van der Waals surface area contributed by atoms with E-state index >= 15 is 0 Å². The monoisotopic (exact) mass is 169 g/mol. The van der Waals surface area contributed by atoms with Gasteiger partial charge in [0.05, 0.1) is 6.61 Å². The average molecular weight is 169 g/mol. The summed E-state index contributed by atoms with van der Waals surface area (Å²) in [5.41, 5.74) is 0. The second kappa shape index (κ2) is 3.75. The van der Waals surface area contributed by atoms with Gasteiger partial charge in [0.15, 0.2) is 0 Å². The topological polar surface area (TPSA) is 31.2 Å². The molecular weight excluding hydrogens is 150 g/mol. The van der Waals surface area contributed by atoms with Gasteiger partial charge in [-0.15, -0.1) is 0 Å². The largest absolute Gasteiger partial charge is 0.381 e. The molecule has 1 heterocycles. The lowest BCUT2D eigenvalue weighted by Crippen LogP contribution is -2.15. The van der Waals surface area contributed by atoms with Gasteiger partial charge in [-0.1, -0.05) is 13.3 Å². The van der Waals surface area contributed by atoms with Crippen molar-refractivity contribution in [2.24, 2.45) is 5.92 Å². The summed E-state index contributed by atoms with van der Waals surface area (Å²) in [6.45, 7) is 4.16. The molecule has 2 fully saturated rings. The molecule has 0 radical (unpaired) electrons. The fourth-order valence-electron chi connectivity index (χ4n) is 2.16. The standard InChI is InChI=1S/C10H19NO/c1-2-3-6-12-7-8-4-5-9-10(8)11-9/h8-11H,2-7H2,1H3/t8-,9+,10-/m0/s1. The Morgan fingerprint density at radius 3 is 2.92 bits per heavy atom. The molecule has 70 valence electrons. The molecule has 0 aromatic rings. The summed E-state index contributed by atoms with van der Waals surface area (Å²) in [6.07, 6.45) is 5.23. The van der Waals surface area contributed by atoms with Gasteiger partial charge in [0.25, 0.3) is 0 Å². The van der Waals surface area contributed by atoms with Gasteiger partial charge in [0, 0.05) is 18.7 Å². The fraction of sp³-hybridized carbons (Fsp3) is 1.00. The highest BCUT2D eigenvalue weighted by Crippen LogP contribution is 2.36. The van der Waals surface area contributed by atoms with Crippen LogP contribution in [0.4, 0.5) is 0 Å². The number of hydrogen-bond donors (Lipinski definition) is 1. The normalized spacial score (nSPS) is 38.2. The van der Waals surface area contributed by atoms with E-state index in [2.05, 4.69) is 12.2 Å². The van der Waals surface area contributed by atoms with E-state index in [1.54, 1.807) is 0 Å². The molecule has 0 aromatic heterocycles. The highest BCUT2D eigenvalue weighted by Gasteiger charge is 2.47. The van der Waals surface area contributed by atoms with Gasteiger partial charge >= 0.3 is 0 Å². The van der Waals surface area contributed by atoms with Crippen LogP contribution in [-0.2, 0) is 4.74 Å². The van der Waals surface area contributed by atoms with Gasteiger partial charge in [0.1, 0.15) is 0 Å². The zero-order valence-electron chi connectivity index (χ0n) is 7.88. The second-order valence-corrected chi connectivity index (χ2v) is 4.06. The summed E-state index contributed by atoms with van der Waals surface area (Å²) in [5.74, 6) is 0.826. The molecule has 3 atom stereocenters. The van der Waals surface area contributed by atoms with Crippen LogP contribution in [0.3, 0.4) is 0 Å². The lowest BCUT2D eigenvalue weighted by molar-refractivity contribution is 0.0973. The van der Waals surface area contributed by atoms with Crippen molar-refractivity contribution in [3.05, 3.63) is 0 Å². The Balaban J connectivity index is 1.55. The number of unbranched alkanes of at least 4 members (excludes halogenated alkanes) is 1. The minimum Gasteiger partial charge on any atom is -0.381 e. The predicted octanol–water partition coefficient (Wildman–Crippen LogP) is 1.55. The predicted molar refractivity (Wildman–Crippen MR) is 49.2 cm³/mol. The van der Waals surface area contributed by atoms with E-state index < -0.39 is 0 Å². The molecule has 1 N–H and O–H groups in total. The molecule has 0 bridgehead atoms. The molecule has 1 saturated carbocycles. The van der Waals surface area contributed by atoms with Crippen LogP contribution in [0.15, 0.2) is 0 Å². The first kappa shape index (κ1) is 8.52. The van der Waals surface area contributed by atoms with Crippen molar-refractivity contribution >= 4 is 0 Å². The van der Waals surface area contributed by atoms with E-state index in [4.69, 9.17) is 4.74 Å². The molecule has 1 aliphatic carbocycles. The van der Waals surface area contributed by atoms with E-state index in [1.165, 1.54) is 25.7 Å². The van der Waals surface area contributed by atoms with E-state index in [1.807, 2.05) is 0 Å². The van der Waals surface area contributed by atoms with Crippen molar-refractivity contribution in [2.75, 3.05) is 13.2 Å². The number of piperidine rings is 1. The summed E-state index contributed by atoms with van der Waals surface area (Å²) < 4.78 is 5.62. The summed E-state index contributed by atoms with van der Waals surface area (Å²) in [7, 11) is 0. The van der Waals surface area contributed by atoms with Gasteiger partial charge in [-0.3, -0.25) is 0 Å². The lowest BCUT2D eigenvalue weighted by Gasteiger charge is -2.11. The zero-order valence-corrected chi connectivity index (χ0v) is 7.88. The Hall–Kier alpha value is -0.0800. The number of nitrogens with one attached hydrogen (secondary N) is 1. The summed E-state index contributed by atoms with van der Waals surface area (Å²) in [6, 6.07) is 1.69. The molecule has 2 aliphatic rings. The van der Waals surface area contributed by atoms with Gasteiger partial charge in [-0.05, 0) is 25.2 Å². The third-order valence-corrected chi connectivity index (χ3v) is 3.06. The Morgan fingerprint density at radius 1 is 1.42 bits per heavy atom. The molecule has 2 heteroatoms. The maximum Gasteiger partial charge on any atom is 0.0509 e. The van der Waals surface area contributed by atoms with Crippen molar-refractivity contribution < 1.29 is 4.74 Å². The molecule has 12 heavy (non-hydrogen) atoms. The van der Waals surface area contributed by atoms with Crippen LogP contribution >= 0.6 is 0 Å². The third kappa shape index (κ3) is 1.80. The molecule has 0 spiro atoms. The minimum atomic E-state index is 0.826. The van der Waals surface area contributed by atoms with Gasteiger partial charge in [-0.25, -0.2) is 0 Å². The van der Waals surface area contributed by atoms with Crippen molar-refractivity contribution in [3.63, 3.8) is 0 Å². The van der Waals surface area contributed by atoms with Crippen LogP contribution in [0.2, 0.25) is 0 Å². The fourth-order valence-corrected chi connectivity index (χ4v) is 2.16. The second-order valence-electron chi connectivity index (χ2n) is 4.06. The molecule has 1 aliphatic heterocycles. The number of ether oxygens (including phenoxy) is 1. The summed E-state index contributed by atoms with van der Waals surface area (Å²) in [5, 5.41) is 3.48. The van der Waals surface area contributed by atoms with Crippen LogP contribution < -0.4 is 5.32 Å². The Kier molecular flexibility index (Phi) is 2.66. The SMILES string of the molecule is CCCCOC[C@@H]1CC[C@H]2N[C@@H]12. The van der Waals surface area contributed by atoms with Crippen molar-refractivity contribution in [1.82, 2.24) is 5.32 Å². The van der Waals surface area contributed by atoms with Crippen molar-refractivity contribution in [1.29, 1.82) is 0 Å². The molecule has 0 amide bonds. The van der Waals surface area contributed by atoms with Crippen molar-refractivity contribution in [2.45, 2.75) is 44.7 Å². The van der Waals surface area contributed by atoms with Gasteiger partial charge < -0.3 is 10.1 Å². The molecule has 0 unspecified atom stereocenters. The molecule has 0 aromatic carbocycles. The van der Waals surface area contributed by atoms with Gasteiger partial charge in [-0.2, -0.15) is 0 Å². The molecule has 1 saturated heterocycles. The minimum absolute atomic E-state index is 0.826. The maximum absolute atomic E-state index is 5.62. The number of rotatable bonds is 5. The maximum atomic E-state index is 5.62. The van der Waals surface area contributed by atoms with Crippen molar-refractivity contribution in [3.8, 4) is 0 Å². The first-order valence-corrected chi connectivity index (χ1v) is 5.25. The summed E-state index contributed by atoms with van der Waals surface area (Å²) in [4.78, 5) is 0. The Morgan fingerprint density at radius 2 is 2.33 bits per heavy atom. The Labute approximate surface area is 74.7 Å². The van der Waals surface area contributed by atoms with Crippen LogP contribution in [0.5, 0.6) is 0 Å². The van der Waals surface area contributed by atoms with E-state index in [0.29, 0.717) is 0 Å². The first-order chi connectivity index (χ1) is 5.92. The average Bonchev–Trinajstić information content (AvgIpc) is 2.76. The first-order valence-electron chi connectivity index (χ1n) is 5.25. The third-order valence-electron chi connectivity index (χ3n) is 3.06. The lowest BCUT2D eigenvalue weighted by atomic mass is 10.1. The van der Waals surface area contributed by atoms with E-state index in [-0.39, 0.29) is 0 Å². The smallest absolute Gasteiger partial charge is 0.0509 e. The molecule has 2 rings (SSSR count). The number of hydrogen-bond acceptors (Lipinski definition) is 2. The highest BCUT2D eigenvalue weighted by atomic mass is 16.5. The molecular formula is C10H19NO. The van der Waals surface area contributed by atoms with Crippen LogP contribution in [0, 0.1) is 5.92 Å². The van der Waals surface area contributed by atoms with Crippen LogP contribution in [-0.4, -0.2) is 25.3 Å². The molecule has 2 nitrogen and oxygen atoms in total. The van der Waals surface area contributed by atoms with Crippen LogP contribution in [0.25, 0.3) is 0 Å². The number of fused-ring (bicyclic) bond motifs is 1. The zero-order chi connectivity index (χ0) is 8.39. The van der Waals surface area contributed by atoms with E-state index in [0.717, 1.165) is 31.2 Å².